The predicted molar refractivity (Wildman–Crippen MR) is 64.2 cm³/mol. The molecule has 0 amide bonds. The molecule has 131 valence electrons. The number of hydrogen-bond donors (Lipinski definition) is 0. The standard InChI is InChI=1S/C12H6Cl2F9/c13-4-6-1-7(5-14)3-8(2-6)9(15,11(18,19)20)10(16,17)12(21,22)23/h2-3H,4-5H2. The van der Waals surface area contributed by atoms with Crippen molar-refractivity contribution in [3.8, 4) is 0 Å². The zero-order valence-electron chi connectivity index (χ0n) is 10.7. The smallest absolute Gasteiger partial charge is 0.221 e. The maximum Gasteiger partial charge on any atom is 0.457 e. The Morgan fingerprint density at radius 2 is 1.13 bits per heavy atom. The normalized spacial score (nSPS) is 16.3. The summed E-state index contributed by atoms with van der Waals surface area (Å²) < 4.78 is 117. The van der Waals surface area contributed by atoms with Gasteiger partial charge in [-0.15, -0.1) is 23.2 Å². The monoisotopic (exact) mass is 391 g/mol. The van der Waals surface area contributed by atoms with Gasteiger partial charge in [0.1, 0.15) is 0 Å². The zero-order valence-corrected chi connectivity index (χ0v) is 12.2. The largest absolute Gasteiger partial charge is 0.457 e. The fourth-order valence-corrected chi connectivity index (χ4v) is 2.04. The minimum Gasteiger partial charge on any atom is -0.221 e. The van der Waals surface area contributed by atoms with E-state index in [1.807, 2.05) is 0 Å². The summed E-state index contributed by atoms with van der Waals surface area (Å²) in [4.78, 5) is 0. The molecule has 0 bridgehead atoms. The van der Waals surface area contributed by atoms with Crippen LogP contribution in [0.1, 0.15) is 16.7 Å². The summed E-state index contributed by atoms with van der Waals surface area (Å²) in [5.74, 6) is -7.92. The van der Waals surface area contributed by atoms with Gasteiger partial charge in [-0.05, 0) is 17.2 Å². The van der Waals surface area contributed by atoms with Crippen LogP contribution >= 0.6 is 23.2 Å². The Balaban J connectivity index is 3.75. The van der Waals surface area contributed by atoms with Gasteiger partial charge in [-0.1, -0.05) is 12.1 Å². The topological polar surface area (TPSA) is 0 Å². The van der Waals surface area contributed by atoms with Crippen LogP contribution in [0.2, 0.25) is 0 Å². The van der Waals surface area contributed by atoms with E-state index in [2.05, 4.69) is 6.07 Å². The highest BCUT2D eigenvalue weighted by atomic mass is 35.5. The molecule has 0 fully saturated rings. The Labute approximate surface area is 134 Å². The van der Waals surface area contributed by atoms with Crippen molar-refractivity contribution < 1.29 is 39.5 Å². The first kappa shape index (κ1) is 20.2. The summed E-state index contributed by atoms with van der Waals surface area (Å²) in [7, 11) is 0. The van der Waals surface area contributed by atoms with Crippen LogP contribution in [0.5, 0.6) is 0 Å². The van der Waals surface area contributed by atoms with Crippen LogP contribution < -0.4 is 0 Å². The minimum atomic E-state index is -6.78. The van der Waals surface area contributed by atoms with Crippen LogP contribution in [0.25, 0.3) is 0 Å². The Morgan fingerprint density at radius 3 is 1.39 bits per heavy atom. The second-order valence-electron chi connectivity index (χ2n) is 4.42. The highest BCUT2D eigenvalue weighted by Crippen LogP contribution is 2.58. The molecule has 1 aromatic rings. The first-order valence-electron chi connectivity index (χ1n) is 5.60. The summed E-state index contributed by atoms with van der Waals surface area (Å²) in [6.07, 6.45) is -13.3. The van der Waals surface area contributed by atoms with E-state index in [-0.39, 0.29) is 12.1 Å². The summed E-state index contributed by atoms with van der Waals surface area (Å²) in [5, 5.41) is 0. The van der Waals surface area contributed by atoms with E-state index in [9.17, 15) is 39.5 Å². The van der Waals surface area contributed by atoms with Gasteiger partial charge in [-0.25, -0.2) is 4.39 Å². The fourth-order valence-electron chi connectivity index (χ4n) is 1.76. The van der Waals surface area contributed by atoms with Gasteiger partial charge in [0.2, 0.25) is 0 Å². The Bertz CT molecular complexity index is 542. The Hall–Kier alpha value is -0.830. The predicted octanol–water partition coefficient (Wildman–Crippen LogP) is 5.89. The van der Waals surface area contributed by atoms with Crippen molar-refractivity contribution in [1.29, 1.82) is 0 Å². The number of rotatable bonds is 4. The molecule has 0 N–H and O–H groups in total. The van der Waals surface area contributed by atoms with Gasteiger partial charge in [-0.2, -0.15) is 35.1 Å². The average Bonchev–Trinajstić information content (AvgIpc) is 2.42. The van der Waals surface area contributed by atoms with Crippen LogP contribution in [-0.4, -0.2) is 18.3 Å². The van der Waals surface area contributed by atoms with Crippen molar-refractivity contribution in [1.82, 2.24) is 0 Å². The van der Waals surface area contributed by atoms with Gasteiger partial charge >= 0.3 is 23.9 Å². The third-order valence-corrected chi connectivity index (χ3v) is 3.42. The summed E-state index contributed by atoms with van der Waals surface area (Å²) in [6, 6.07) is 2.57. The van der Waals surface area contributed by atoms with E-state index in [0.717, 1.165) is 0 Å². The molecule has 1 atom stereocenters. The van der Waals surface area contributed by atoms with Crippen LogP contribution in [-0.2, 0) is 17.4 Å². The van der Waals surface area contributed by atoms with E-state index in [1.54, 1.807) is 0 Å². The highest BCUT2D eigenvalue weighted by molar-refractivity contribution is 6.17. The molecular weight excluding hydrogens is 386 g/mol. The molecule has 0 aliphatic heterocycles. The van der Waals surface area contributed by atoms with Crippen LogP contribution in [0.3, 0.4) is 0 Å². The highest BCUT2D eigenvalue weighted by Gasteiger charge is 2.81. The molecule has 0 saturated carbocycles. The van der Waals surface area contributed by atoms with Crippen LogP contribution in [0.4, 0.5) is 39.5 Å². The van der Waals surface area contributed by atoms with Crippen molar-refractivity contribution in [2.45, 2.75) is 35.7 Å². The fraction of sp³-hybridized carbons (Fsp3) is 0.500. The van der Waals surface area contributed by atoms with Crippen LogP contribution in [0, 0.1) is 6.07 Å². The van der Waals surface area contributed by atoms with Gasteiger partial charge < -0.3 is 0 Å². The van der Waals surface area contributed by atoms with Crippen molar-refractivity contribution >= 4 is 23.2 Å². The molecule has 0 aliphatic rings. The Morgan fingerprint density at radius 1 is 0.739 bits per heavy atom. The third kappa shape index (κ3) is 3.35. The molecule has 0 aromatic heterocycles. The van der Waals surface area contributed by atoms with E-state index in [4.69, 9.17) is 23.2 Å². The van der Waals surface area contributed by atoms with Crippen molar-refractivity contribution in [2.75, 3.05) is 0 Å². The lowest BCUT2D eigenvalue weighted by Gasteiger charge is -2.36. The van der Waals surface area contributed by atoms with Crippen molar-refractivity contribution in [3.63, 3.8) is 0 Å². The molecule has 1 radical (unpaired) electrons. The van der Waals surface area contributed by atoms with E-state index >= 15 is 0 Å². The van der Waals surface area contributed by atoms with Crippen LogP contribution in [0.15, 0.2) is 12.1 Å². The second kappa shape index (κ2) is 6.23. The molecule has 1 rings (SSSR count). The molecule has 11 heteroatoms. The second-order valence-corrected chi connectivity index (χ2v) is 4.95. The molecule has 23 heavy (non-hydrogen) atoms. The SMILES string of the molecule is FC(F)(F)C(F)(F)C(F)(c1cc(CCl)[c]c(CCl)c1)C(F)(F)F. The average molecular weight is 392 g/mol. The lowest BCUT2D eigenvalue weighted by Crippen LogP contribution is -2.59. The van der Waals surface area contributed by atoms with Gasteiger partial charge in [0, 0.05) is 17.3 Å². The lowest BCUT2D eigenvalue weighted by atomic mass is 9.86. The number of hydrogen-bond acceptors (Lipinski definition) is 0. The molecular formula is C12H6Cl2F9. The first-order chi connectivity index (χ1) is 10.2. The van der Waals surface area contributed by atoms with Gasteiger partial charge in [0.25, 0.3) is 0 Å². The van der Waals surface area contributed by atoms with Gasteiger partial charge in [-0.3, -0.25) is 0 Å². The Kier molecular flexibility index (Phi) is 5.48. The van der Waals surface area contributed by atoms with E-state index in [1.165, 1.54) is 0 Å². The summed E-state index contributed by atoms with van der Waals surface area (Å²) in [5.41, 5.74) is -8.78. The molecule has 0 spiro atoms. The molecule has 1 aromatic carbocycles. The maximum atomic E-state index is 14.2. The first-order valence-corrected chi connectivity index (χ1v) is 6.67. The zero-order chi connectivity index (χ0) is 18.3. The molecule has 0 aliphatic carbocycles. The van der Waals surface area contributed by atoms with Crippen molar-refractivity contribution in [3.05, 3.63) is 34.9 Å². The molecule has 0 saturated heterocycles. The quantitative estimate of drug-likeness (QED) is 0.443. The number of halogens is 11. The lowest BCUT2D eigenvalue weighted by molar-refractivity contribution is -0.389. The summed E-state index contributed by atoms with van der Waals surface area (Å²) in [6.45, 7) is 0. The van der Waals surface area contributed by atoms with E-state index < -0.39 is 52.4 Å². The summed E-state index contributed by atoms with van der Waals surface area (Å²) >= 11 is 10.6. The number of alkyl halides is 11. The molecule has 1 unspecified atom stereocenters. The molecule has 0 nitrogen and oxygen atoms in total. The van der Waals surface area contributed by atoms with Gasteiger partial charge in [0.15, 0.2) is 0 Å². The third-order valence-electron chi connectivity index (χ3n) is 2.85. The number of benzene rings is 1. The minimum absolute atomic E-state index is 0.149. The maximum absolute atomic E-state index is 14.2. The van der Waals surface area contributed by atoms with Crippen molar-refractivity contribution in [2.24, 2.45) is 0 Å². The van der Waals surface area contributed by atoms with E-state index in [0.29, 0.717) is 0 Å². The molecule has 0 heterocycles. The van der Waals surface area contributed by atoms with Gasteiger partial charge in [0.05, 0.1) is 0 Å².